The summed E-state index contributed by atoms with van der Waals surface area (Å²) in [5.41, 5.74) is 0.377. The van der Waals surface area contributed by atoms with Gasteiger partial charge in [-0.15, -0.1) is 0 Å². The van der Waals surface area contributed by atoms with E-state index in [1.807, 2.05) is 6.07 Å². The Morgan fingerprint density at radius 3 is 2.61 bits per heavy atom. The van der Waals surface area contributed by atoms with E-state index in [1.165, 1.54) is 4.90 Å². The minimum absolute atomic E-state index is 0.0601. The molecule has 0 unspecified atom stereocenters. The maximum Gasteiger partial charge on any atom is 0.407 e. The first-order valence-electron chi connectivity index (χ1n) is 9.63. The van der Waals surface area contributed by atoms with Gasteiger partial charge in [0.05, 0.1) is 0 Å². The van der Waals surface area contributed by atoms with Crippen LogP contribution >= 0.6 is 0 Å². The molecule has 2 fully saturated rings. The SMILES string of the molecule is N#Cc1cc2cnc(NC3CCN(C(=O)O)CC3)nc2n(C2CCCC2)c1=O. The number of likely N-dealkylation sites (tertiary alicyclic amines) is 1. The van der Waals surface area contributed by atoms with Crippen LogP contribution in [0.1, 0.15) is 50.1 Å². The zero-order valence-corrected chi connectivity index (χ0v) is 15.5. The van der Waals surface area contributed by atoms with Crippen molar-refractivity contribution >= 4 is 23.1 Å². The Morgan fingerprint density at radius 2 is 1.96 bits per heavy atom. The third kappa shape index (κ3) is 3.38. The van der Waals surface area contributed by atoms with Crippen LogP contribution in [0.15, 0.2) is 17.1 Å². The van der Waals surface area contributed by atoms with Crippen molar-refractivity contribution in [2.24, 2.45) is 0 Å². The van der Waals surface area contributed by atoms with Crippen LogP contribution in [0.5, 0.6) is 0 Å². The molecule has 2 aliphatic rings. The highest BCUT2D eigenvalue weighted by Gasteiger charge is 2.25. The van der Waals surface area contributed by atoms with Gasteiger partial charge in [-0.05, 0) is 31.7 Å². The lowest BCUT2D eigenvalue weighted by Gasteiger charge is -2.30. The van der Waals surface area contributed by atoms with Crippen LogP contribution in [0.25, 0.3) is 11.0 Å². The number of aromatic nitrogens is 3. The second-order valence-electron chi connectivity index (χ2n) is 7.44. The number of piperidine rings is 1. The number of anilines is 1. The lowest BCUT2D eigenvalue weighted by atomic mass is 10.1. The first-order valence-corrected chi connectivity index (χ1v) is 9.63. The Hall–Kier alpha value is -3.15. The van der Waals surface area contributed by atoms with E-state index in [0.29, 0.717) is 42.9 Å². The largest absolute Gasteiger partial charge is 0.465 e. The lowest BCUT2D eigenvalue weighted by molar-refractivity contribution is 0.133. The van der Waals surface area contributed by atoms with Crippen molar-refractivity contribution in [3.8, 4) is 6.07 Å². The highest BCUT2D eigenvalue weighted by Crippen LogP contribution is 2.30. The first kappa shape index (κ1) is 18.2. The average molecular weight is 382 g/mol. The van der Waals surface area contributed by atoms with Gasteiger partial charge in [-0.3, -0.25) is 9.36 Å². The summed E-state index contributed by atoms with van der Waals surface area (Å²) in [5.74, 6) is 0.428. The van der Waals surface area contributed by atoms with Crippen molar-refractivity contribution in [1.29, 1.82) is 5.26 Å². The number of nitrogens with one attached hydrogen (secondary N) is 1. The molecule has 0 bridgehead atoms. The number of hydrogen-bond acceptors (Lipinski definition) is 6. The molecule has 0 radical (unpaired) electrons. The van der Waals surface area contributed by atoms with Gasteiger partial charge in [0.15, 0.2) is 0 Å². The summed E-state index contributed by atoms with van der Waals surface area (Å²) in [7, 11) is 0. The van der Waals surface area contributed by atoms with Crippen molar-refractivity contribution in [3.05, 3.63) is 28.2 Å². The second-order valence-corrected chi connectivity index (χ2v) is 7.44. The molecule has 1 saturated heterocycles. The van der Waals surface area contributed by atoms with E-state index in [-0.39, 0.29) is 23.2 Å². The molecular weight excluding hydrogens is 360 g/mol. The number of rotatable bonds is 3. The Kier molecular flexibility index (Phi) is 4.86. The Bertz CT molecular complexity index is 997. The number of amides is 1. The van der Waals surface area contributed by atoms with E-state index in [9.17, 15) is 14.9 Å². The number of fused-ring (bicyclic) bond motifs is 1. The maximum absolute atomic E-state index is 12.8. The van der Waals surface area contributed by atoms with Gasteiger partial charge in [-0.1, -0.05) is 12.8 Å². The summed E-state index contributed by atoms with van der Waals surface area (Å²) >= 11 is 0. The molecule has 1 aliphatic heterocycles. The van der Waals surface area contributed by atoms with Gasteiger partial charge in [0.25, 0.3) is 5.56 Å². The zero-order valence-electron chi connectivity index (χ0n) is 15.5. The van der Waals surface area contributed by atoms with E-state index >= 15 is 0 Å². The molecule has 9 heteroatoms. The molecule has 2 aromatic heterocycles. The molecule has 2 aromatic rings. The molecule has 4 rings (SSSR count). The molecule has 1 aliphatic carbocycles. The van der Waals surface area contributed by atoms with Gasteiger partial charge in [0, 0.05) is 36.8 Å². The predicted octanol–water partition coefficient (Wildman–Crippen LogP) is 2.33. The van der Waals surface area contributed by atoms with Gasteiger partial charge >= 0.3 is 6.09 Å². The fourth-order valence-electron chi connectivity index (χ4n) is 4.17. The summed E-state index contributed by atoms with van der Waals surface area (Å²) in [6, 6.07) is 3.68. The molecule has 3 heterocycles. The maximum atomic E-state index is 12.8. The van der Waals surface area contributed by atoms with E-state index < -0.39 is 6.09 Å². The molecule has 28 heavy (non-hydrogen) atoms. The standard InChI is InChI=1S/C19H22N6O3/c20-10-12-9-13-11-21-18(22-14-5-7-24(8-6-14)19(27)28)23-16(13)25(17(12)26)15-3-1-2-4-15/h9,11,14-15H,1-8H2,(H,27,28)(H,21,22,23). The second kappa shape index (κ2) is 7.46. The molecule has 9 nitrogen and oxygen atoms in total. The third-order valence-electron chi connectivity index (χ3n) is 5.68. The number of nitriles is 1. The normalized spacial score (nSPS) is 18.3. The zero-order chi connectivity index (χ0) is 19.7. The fourth-order valence-corrected chi connectivity index (χ4v) is 4.17. The molecular formula is C19H22N6O3. The topological polar surface area (TPSA) is 124 Å². The Morgan fingerprint density at radius 1 is 1.25 bits per heavy atom. The smallest absolute Gasteiger partial charge is 0.407 e. The van der Waals surface area contributed by atoms with E-state index in [0.717, 1.165) is 25.7 Å². The fraction of sp³-hybridized carbons (Fsp3) is 0.526. The van der Waals surface area contributed by atoms with Gasteiger partial charge < -0.3 is 15.3 Å². The van der Waals surface area contributed by atoms with Crippen LogP contribution in [0, 0.1) is 11.3 Å². The summed E-state index contributed by atoms with van der Waals surface area (Å²) in [5, 5.41) is 22.3. The third-order valence-corrected chi connectivity index (χ3v) is 5.68. The Balaban J connectivity index is 1.65. The van der Waals surface area contributed by atoms with Crippen molar-refractivity contribution in [3.63, 3.8) is 0 Å². The molecule has 2 N–H and O–H groups in total. The van der Waals surface area contributed by atoms with Gasteiger partial charge in [-0.2, -0.15) is 10.2 Å². The van der Waals surface area contributed by atoms with Crippen molar-refractivity contribution in [2.75, 3.05) is 18.4 Å². The van der Waals surface area contributed by atoms with E-state index in [4.69, 9.17) is 5.11 Å². The number of nitrogens with zero attached hydrogens (tertiary/aromatic N) is 5. The molecule has 0 atom stereocenters. The van der Waals surface area contributed by atoms with Crippen LogP contribution in [-0.2, 0) is 0 Å². The van der Waals surface area contributed by atoms with E-state index in [2.05, 4.69) is 15.3 Å². The highest BCUT2D eigenvalue weighted by molar-refractivity contribution is 5.77. The molecule has 1 amide bonds. The van der Waals surface area contributed by atoms with Gasteiger partial charge in [-0.25, -0.2) is 9.78 Å². The molecule has 146 valence electrons. The van der Waals surface area contributed by atoms with Crippen LogP contribution in [0.4, 0.5) is 10.7 Å². The number of hydrogen-bond donors (Lipinski definition) is 2. The average Bonchev–Trinajstić information content (AvgIpc) is 3.22. The minimum atomic E-state index is -0.894. The molecule has 1 saturated carbocycles. The summed E-state index contributed by atoms with van der Waals surface area (Å²) in [6.07, 6.45) is 6.04. The predicted molar refractivity (Wildman–Crippen MR) is 102 cm³/mol. The van der Waals surface area contributed by atoms with Gasteiger partial charge in [0.2, 0.25) is 5.95 Å². The van der Waals surface area contributed by atoms with Crippen molar-refractivity contribution < 1.29 is 9.90 Å². The lowest BCUT2D eigenvalue weighted by Crippen LogP contribution is -2.41. The van der Waals surface area contributed by atoms with Crippen LogP contribution in [0.3, 0.4) is 0 Å². The number of carboxylic acid groups (broad SMARTS) is 1. The molecule has 0 spiro atoms. The van der Waals surface area contributed by atoms with Crippen LogP contribution in [-0.4, -0.2) is 49.8 Å². The Labute approximate surface area is 161 Å². The quantitative estimate of drug-likeness (QED) is 0.835. The summed E-state index contributed by atoms with van der Waals surface area (Å²) in [4.78, 5) is 34.2. The van der Waals surface area contributed by atoms with E-state index in [1.54, 1.807) is 16.8 Å². The number of carbonyl (C=O) groups is 1. The van der Waals surface area contributed by atoms with Crippen LogP contribution in [0.2, 0.25) is 0 Å². The van der Waals surface area contributed by atoms with Gasteiger partial charge in [0.1, 0.15) is 17.3 Å². The van der Waals surface area contributed by atoms with Crippen molar-refractivity contribution in [1.82, 2.24) is 19.4 Å². The monoisotopic (exact) mass is 382 g/mol. The summed E-state index contributed by atoms with van der Waals surface area (Å²) in [6.45, 7) is 0.942. The minimum Gasteiger partial charge on any atom is -0.465 e. The highest BCUT2D eigenvalue weighted by atomic mass is 16.4. The first-order chi connectivity index (χ1) is 13.6. The van der Waals surface area contributed by atoms with Crippen LogP contribution < -0.4 is 10.9 Å². The number of pyridine rings is 1. The summed E-state index contributed by atoms with van der Waals surface area (Å²) < 4.78 is 1.67. The van der Waals surface area contributed by atoms with Crippen molar-refractivity contribution in [2.45, 2.75) is 50.6 Å². The molecule has 0 aromatic carbocycles.